The van der Waals surface area contributed by atoms with E-state index in [0.717, 1.165) is 37.1 Å². The van der Waals surface area contributed by atoms with E-state index in [-0.39, 0.29) is 18.2 Å². The summed E-state index contributed by atoms with van der Waals surface area (Å²) in [5.41, 5.74) is 2.01. The lowest BCUT2D eigenvalue weighted by Crippen LogP contribution is -2.44. The van der Waals surface area contributed by atoms with Crippen molar-refractivity contribution in [2.24, 2.45) is 0 Å². The Labute approximate surface area is 146 Å². The van der Waals surface area contributed by atoms with Crippen molar-refractivity contribution in [1.82, 2.24) is 15.3 Å². The zero-order valence-electron chi connectivity index (χ0n) is 13.1. The van der Waals surface area contributed by atoms with Crippen LogP contribution in [0.3, 0.4) is 0 Å². The highest BCUT2D eigenvalue weighted by Crippen LogP contribution is 2.29. The first kappa shape index (κ1) is 16.6. The van der Waals surface area contributed by atoms with Crippen molar-refractivity contribution in [3.05, 3.63) is 54.3 Å². The second kappa shape index (κ2) is 7.11. The van der Waals surface area contributed by atoms with Gasteiger partial charge in [-0.05, 0) is 18.2 Å². The van der Waals surface area contributed by atoms with Crippen LogP contribution in [0.25, 0.3) is 22.2 Å². The first-order chi connectivity index (χ1) is 11.3. The SMILES string of the molecule is Cl.Fc1ccccc1-c1nc(N2CCNCC2)nc2ccccc12. The maximum absolute atomic E-state index is 14.3. The molecule has 0 atom stereocenters. The van der Waals surface area contributed by atoms with Gasteiger partial charge < -0.3 is 10.2 Å². The zero-order chi connectivity index (χ0) is 15.6. The second-order valence-electron chi connectivity index (χ2n) is 5.61. The lowest BCUT2D eigenvalue weighted by molar-refractivity contribution is 0.580. The number of fused-ring (bicyclic) bond motifs is 1. The summed E-state index contributed by atoms with van der Waals surface area (Å²) in [5, 5.41) is 4.19. The average Bonchev–Trinajstić information content (AvgIpc) is 2.62. The van der Waals surface area contributed by atoms with Crippen molar-refractivity contribution in [2.75, 3.05) is 31.1 Å². The maximum Gasteiger partial charge on any atom is 0.226 e. The minimum Gasteiger partial charge on any atom is -0.338 e. The van der Waals surface area contributed by atoms with Crippen molar-refractivity contribution < 1.29 is 4.39 Å². The first-order valence-electron chi connectivity index (χ1n) is 7.80. The molecule has 0 aliphatic carbocycles. The number of nitrogens with one attached hydrogen (secondary N) is 1. The van der Waals surface area contributed by atoms with Gasteiger partial charge in [-0.15, -0.1) is 12.4 Å². The van der Waals surface area contributed by atoms with Gasteiger partial charge in [-0.2, -0.15) is 0 Å². The van der Waals surface area contributed by atoms with E-state index >= 15 is 0 Å². The molecule has 124 valence electrons. The summed E-state index contributed by atoms with van der Waals surface area (Å²) in [6, 6.07) is 14.5. The zero-order valence-corrected chi connectivity index (χ0v) is 13.9. The lowest BCUT2D eigenvalue weighted by Gasteiger charge is -2.28. The van der Waals surface area contributed by atoms with Gasteiger partial charge in [0.25, 0.3) is 0 Å². The molecule has 0 spiro atoms. The molecule has 0 saturated carbocycles. The largest absolute Gasteiger partial charge is 0.338 e. The van der Waals surface area contributed by atoms with Crippen LogP contribution in [0.5, 0.6) is 0 Å². The third kappa shape index (κ3) is 3.05. The molecule has 1 aliphatic rings. The molecular weight excluding hydrogens is 327 g/mol. The summed E-state index contributed by atoms with van der Waals surface area (Å²) in [6.07, 6.45) is 0. The number of anilines is 1. The van der Waals surface area contributed by atoms with Crippen LogP contribution in [-0.2, 0) is 0 Å². The number of hydrogen-bond donors (Lipinski definition) is 1. The van der Waals surface area contributed by atoms with E-state index in [1.165, 1.54) is 6.07 Å². The van der Waals surface area contributed by atoms with Gasteiger partial charge in [-0.25, -0.2) is 14.4 Å². The van der Waals surface area contributed by atoms with Crippen molar-refractivity contribution in [2.45, 2.75) is 0 Å². The smallest absolute Gasteiger partial charge is 0.226 e. The molecule has 4 nitrogen and oxygen atoms in total. The minimum absolute atomic E-state index is 0. The van der Waals surface area contributed by atoms with Crippen molar-refractivity contribution >= 4 is 29.3 Å². The third-order valence-electron chi connectivity index (χ3n) is 4.12. The molecule has 2 aromatic carbocycles. The predicted molar refractivity (Wildman–Crippen MR) is 97.3 cm³/mol. The molecule has 0 amide bonds. The summed E-state index contributed by atoms with van der Waals surface area (Å²) in [5.74, 6) is 0.408. The van der Waals surface area contributed by atoms with Gasteiger partial charge in [0.2, 0.25) is 5.95 Å². The average molecular weight is 345 g/mol. The number of benzene rings is 2. The van der Waals surface area contributed by atoms with E-state index in [2.05, 4.69) is 15.2 Å². The number of para-hydroxylation sites is 1. The molecule has 0 bridgehead atoms. The van der Waals surface area contributed by atoms with E-state index in [1.807, 2.05) is 30.3 Å². The van der Waals surface area contributed by atoms with Crippen LogP contribution in [0.2, 0.25) is 0 Å². The molecule has 1 aliphatic heterocycles. The summed E-state index contributed by atoms with van der Waals surface area (Å²) in [7, 11) is 0. The Kier molecular flexibility index (Phi) is 4.92. The Morgan fingerprint density at radius 1 is 0.917 bits per heavy atom. The number of aromatic nitrogens is 2. The topological polar surface area (TPSA) is 41.1 Å². The number of rotatable bonds is 2. The van der Waals surface area contributed by atoms with Crippen LogP contribution < -0.4 is 10.2 Å². The summed E-state index contributed by atoms with van der Waals surface area (Å²) in [6.45, 7) is 3.53. The predicted octanol–water partition coefficient (Wildman–Crippen LogP) is 3.27. The van der Waals surface area contributed by atoms with Crippen molar-refractivity contribution in [3.8, 4) is 11.3 Å². The molecule has 1 saturated heterocycles. The van der Waals surface area contributed by atoms with E-state index < -0.39 is 0 Å². The summed E-state index contributed by atoms with van der Waals surface area (Å²) in [4.78, 5) is 11.5. The highest BCUT2D eigenvalue weighted by Gasteiger charge is 2.18. The molecule has 4 rings (SSSR count). The van der Waals surface area contributed by atoms with E-state index in [1.54, 1.807) is 12.1 Å². The summed E-state index contributed by atoms with van der Waals surface area (Å²) < 4.78 is 14.3. The van der Waals surface area contributed by atoms with Gasteiger partial charge in [0.15, 0.2) is 0 Å². The third-order valence-corrected chi connectivity index (χ3v) is 4.12. The number of hydrogen-bond acceptors (Lipinski definition) is 4. The molecule has 0 radical (unpaired) electrons. The van der Waals surface area contributed by atoms with Gasteiger partial charge in [-0.3, -0.25) is 0 Å². The Morgan fingerprint density at radius 3 is 2.42 bits per heavy atom. The standard InChI is InChI=1S/C18H17FN4.ClH/c19-15-7-3-1-5-13(15)17-14-6-2-4-8-16(14)21-18(22-17)23-11-9-20-10-12-23;/h1-8,20H,9-12H2;1H. The fourth-order valence-corrected chi connectivity index (χ4v) is 2.93. The molecule has 1 N–H and O–H groups in total. The normalized spacial score (nSPS) is 14.5. The molecule has 24 heavy (non-hydrogen) atoms. The van der Waals surface area contributed by atoms with E-state index in [4.69, 9.17) is 4.98 Å². The van der Waals surface area contributed by atoms with E-state index in [0.29, 0.717) is 17.2 Å². The fraction of sp³-hybridized carbons (Fsp3) is 0.222. The molecule has 6 heteroatoms. The monoisotopic (exact) mass is 344 g/mol. The van der Waals surface area contributed by atoms with Gasteiger partial charge >= 0.3 is 0 Å². The number of piperazine rings is 1. The Bertz CT molecular complexity index is 849. The van der Waals surface area contributed by atoms with Crippen LogP contribution in [0.1, 0.15) is 0 Å². The highest BCUT2D eigenvalue weighted by atomic mass is 35.5. The Hall–Kier alpha value is -2.24. The maximum atomic E-state index is 14.3. The van der Waals surface area contributed by atoms with E-state index in [9.17, 15) is 4.39 Å². The van der Waals surface area contributed by atoms with Crippen molar-refractivity contribution in [1.29, 1.82) is 0 Å². The first-order valence-corrected chi connectivity index (χ1v) is 7.80. The molecule has 3 aromatic rings. The second-order valence-corrected chi connectivity index (χ2v) is 5.61. The van der Waals surface area contributed by atoms with Crippen LogP contribution in [0.4, 0.5) is 10.3 Å². The van der Waals surface area contributed by atoms with Crippen LogP contribution in [0, 0.1) is 5.82 Å². The Balaban J connectivity index is 0.00000169. The molecule has 0 unspecified atom stereocenters. The van der Waals surface area contributed by atoms with Gasteiger partial charge in [0.05, 0.1) is 11.2 Å². The molecule has 1 fully saturated rings. The number of nitrogens with zero attached hydrogens (tertiary/aromatic N) is 3. The van der Waals surface area contributed by atoms with Crippen LogP contribution >= 0.6 is 12.4 Å². The van der Waals surface area contributed by atoms with Gasteiger partial charge in [0, 0.05) is 37.1 Å². The molecule has 2 heterocycles. The van der Waals surface area contributed by atoms with Crippen molar-refractivity contribution in [3.63, 3.8) is 0 Å². The molecule has 1 aromatic heterocycles. The fourth-order valence-electron chi connectivity index (χ4n) is 2.93. The summed E-state index contributed by atoms with van der Waals surface area (Å²) >= 11 is 0. The van der Waals surface area contributed by atoms with Crippen LogP contribution in [-0.4, -0.2) is 36.1 Å². The van der Waals surface area contributed by atoms with Crippen LogP contribution in [0.15, 0.2) is 48.5 Å². The lowest BCUT2D eigenvalue weighted by atomic mass is 10.1. The quantitative estimate of drug-likeness (QED) is 0.774. The minimum atomic E-state index is -0.261. The van der Waals surface area contributed by atoms with Gasteiger partial charge in [-0.1, -0.05) is 30.3 Å². The highest BCUT2D eigenvalue weighted by molar-refractivity contribution is 5.93. The number of halogens is 2. The molecular formula is C18H18ClFN4. The van der Waals surface area contributed by atoms with Gasteiger partial charge in [0.1, 0.15) is 5.82 Å². The Morgan fingerprint density at radius 2 is 1.62 bits per heavy atom.